The van der Waals surface area contributed by atoms with E-state index in [1.807, 2.05) is 12.1 Å². The van der Waals surface area contributed by atoms with E-state index in [4.69, 9.17) is 33.8 Å². The van der Waals surface area contributed by atoms with Gasteiger partial charge < -0.3 is 4.74 Å². The third-order valence-corrected chi connectivity index (χ3v) is 4.47. The van der Waals surface area contributed by atoms with Crippen LogP contribution in [0.2, 0.25) is 10.0 Å². The predicted molar refractivity (Wildman–Crippen MR) is 74.9 cm³/mol. The van der Waals surface area contributed by atoms with Crippen LogP contribution in [-0.4, -0.2) is 18.8 Å². The van der Waals surface area contributed by atoms with Gasteiger partial charge >= 0.3 is 0 Å². The number of halogens is 2. The number of benzene rings is 1. The minimum Gasteiger partial charge on any atom is -0.377 e. The van der Waals surface area contributed by atoms with Crippen LogP contribution >= 0.6 is 23.2 Å². The first kappa shape index (κ1) is 14.1. The number of ether oxygens (including phenoxy) is 1. The van der Waals surface area contributed by atoms with Crippen molar-refractivity contribution in [3.05, 3.63) is 33.8 Å². The lowest BCUT2D eigenvalue weighted by molar-refractivity contribution is -0.0982. The molecule has 1 atom stereocenters. The van der Waals surface area contributed by atoms with E-state index >= 15 is 0 Å². The molecule has 0 aliphatic heterocycles. The molecule has 100 valence electrons. The van der Waals surface area contributed by atoms with Crippen LogP contribution in [0.1, 0.15) is 24.8 Å². The predicted octanol–water partition coefficient (Wildman–Crippen LogP) is 2.94. The molecule has 1 fully saturated rings. The Balaban J connectivity index is 2.15. The van der Waals surface area contributed by atoms with Crippen LogP contribution in [0.3, 0.4) is 0 Å². The second-order valence-electron chi connectivity index (χ2n) is 4.78. The molecule has 5 heteroatoms. The summed E-state index contributed by atoms with van der Waals surface area (Å²) in [7, 11) is 1.74. The number of hydrogen-bond donors (Lipinski definition) is 2. The maximum Gasteiger partial charge on any atom is 0.0847 e. The van der Waals surface area contributed by atoms with Gasteiger partial charge in [-0.3, -0.25) is 11.3 Å². The molecule has 0 heterocycles. The molecule has 0 spiro atoms. The molecule has 1 saturated carbocycles. The van der Waals surface area contributed by atoms with E-state index < -0.39 is 0 Å². The molecule has 0 saturated heterocycles. The van der Waals surface area contributed by atoms with Gasteiger partial charge in [0.1, 0.15) is 0 Å². The first-order valence-corrected chi connectivity index (χ1v) is 6.82. The van der Waals surface area contributed by atoms with E-state index in [1.165, 1.54) is 6.42 Å². The third-order valence-electron chi connectivity index (χ3n) is 3.88. The van der Waals surface area contributed by atoms with Gasteiger partial charge in [-0.15, -0.1) is 0 Å². The van der Waals surface area contributed by atoms with E-state index in [9.17, 15) is 0 Å². The molecule has 1 aromatic rings. The lowest BCUT2D eigenvalue weighted by atomic mass is 9.73. The number of nitrogens with one attached hydrogen (secondary N) is 1. The summed E-state index contributed by atoms with van der Waals surface area (Å²) in [6.07, 6.45) is 3.98. The second-order valence-corrected chi connectivity index (χ2v) is 5.63. The lowest BCUT2D eigenvalue weighted by Crippen LogP contribution is -2.59. The van der Waals surface area contributed by atoms with Gasteiger partial charge in [-0.2, -0.15) is 0 Å². The highest BCUT2D eigenvalue weighted by Gasteiger charge is 2.44. The van der Waals surface area contributed by atoms with Crippen molar-refractivity contribution in [2.75, 3.05) is 7.11 Å². The van der Waals surface area contributed by atoms with E-state index in [0.717, 1.165) is 24.8 Å². The zero-order valence-corrected chi connectivity index (χ0v) is 11.9. The van der Waals surface area contributed by atoms with Crippen molar-refractivity contribution in [1.29, 1.82) is 0 Å². The lowest BCUT2D eigenvalue weighted by Gasteiger charge is -2.46. The summed E-state index contributed by atoms with van der Waals surface area (Å²) in [4.78, 5) is 0. The van der Waals surface area contributed by atoms with Crippen LogP contribution in [0.25, 0.3) is 0 Å². The van der Waals surface area contributed by atoms with E-state index in [-0.39, 0.29) is 11.6 Å². The van der Waals surface area contributed by atoms with Crippen molar-refractivity contribution in [1.82, 2.24) is 5.43 Å². The first-order chi connectivity index (χ1) is 8.61. The average Bonchev–Trinajstić information content (AvgIpc) is 2.29. The minimum absolute atomic E-state index is 0.0647. The zero-order chi connectivity index (χ0) is 13.2. The zero-order valence-electron chi connectivity index (χ0n) is 10.4. The van der Waals surface area contributed by atoms with Gasteiger partial charge in [0.25, 0.3) is 0 Å². The number of nitrogens with two attached hydrogens (primary N) is 1. The van der Waals surface area contributed by atoms with Gasteiger partial charge in [-0.05, 0) is 43.4 Å². The fourth-order valence-electron chi connectivity index (χ4n) is 2.52. The molecular weight excluding hydrogens is 271 g/mol. The first-order valence-electron chi connectivity index (χ1n) is 6.06. The van der Waals surface area contributed by atoms with Crippen LogP contribution in [0.4, 0.5) is 0 Å². The Bertz CT molecular complexity index is 416. The molecule has 1 aliphatic carbocycles. The SMILES string of the molecule is COC1(C(Cc2ccc(Cl)cc2Cl)NN)CCC1. The van der Waals surface area contributed by atoms with E-state index in [2.05, 4.69) is 5.43 Å². The van der Waals surface area contributed by atoms with Crippen LogP contribution < -0.4 is 11.3 Å². The summed E-state index contributed by atoms with van der Waals surface area (Å²) >= 11 is 12.1. The standard InChI is InChI=1S/C13H18Cl2N2O/c1-18-13(5-2-6-13)12(17-16)7-9-3-4-10(14)8-11(9)15/h3-4,8,12,17H,2,5-7,16H2,1H3. The largest absolute Gasteiger partial charge is 0.377 e. The summed E-state index contributed by atoms with van der Waals surface area (Å²) in [6, 6.07) is 5.61. The highest BCUT2D eigenvalue weighted by molar-refractivity contribution is 6.35. The maximum absolute atomic E-state index is 6.19. The number of hydrazine groups is 1. The second kappa shape index (κ2) is 5.76. The smallest absolute Gasteiger partial charge is 0.0847 e. The van der Waals surface area contributed by atoms with Gasteiger partial charge in [-0.25, -0.2) is 0 Å². The van der Waals surface area contributed by atoms with E-state index in [0.29, 0.717) is 10.0 Å². The molecule has 0 radical (unpaired) electrons. The topological polar surface area (TPSA) is 47.3 Å². The molecule has 3 N–H and O–H groups in total. The molecule has 18 heavy (non-hydrogen) atoms. The molecule has 1 aliphatic rings. The normalized spacial score (nSPS) is 19.3. The van der Waals surface area contributed by atoms with Crippen molar-refractivity contribution in [3.8, 4) is 0 Å². The van der Waals surface area contributed by atoms with Crippen LogP contribution in [0, 0.1) is 0 Å². The highest BCUT2D eigenvalue weighted by atomic mass is 35.5. The van der Waals surface area contributed by atoms with Crippen molar-refractivity contribution in [3.63, 3.8) is 0 Å². The van der Waals surface area contributed by atoms with Gasteiger partial charge in [0.15, 0.2) is 0 Å². The number of rotatable bonds is 5. The summed E-state index contributed by atoms with van der Waals surface area (Å²) in [5.41, 5.74) is 3.75. The molecule has 1 aromatic carbocycles. The monoisotopic (exact) mass is 288 g/mol. The van der Waals surface area contributed by atoms with Crippen molar-refractivity contribution in [2.45, 2.75) is 37.3 Å². The summed E-state index contributed by atoms with van der Waals surface area (Å²) in [6.45, 7) is 0. The molecule has 2 rings (SSSR count). The van der Waals surface area contributed by atoms with Crippen LogP contribution in [-0.2, 0) is 11.2 Å². The Kier molecular flexibility index (Phi) is 4.51. The Labute approximate surface area is 118 Å². The van der Waals surface area contributed by atoms with Crippen molar-refractivity contribution < 1.29 is 4.74 Å². The summed E-state index contributed by atoms with van der Waals surface area (Å²) < 4.78 is 5.65. The maximum atomic E-state index is 6.19. The Morgan fingerprint density at radius 1 is 1.44 bits per heavy atom. The minimum atomic E-state index is -0.155. The number of hydrogen-bond acceptors (Lipinski definition) is 3. The van der Waals surface area contributed by atoms with Crippen LogP contribution in [0.5, 0.6) is 0 Å². The van der Waals surface area contributed by atoms with E-state index in [1.54, 1.807) is 13.2 Å². The fraction of sp³-hybridized carbons (Fsp3) is 0.538. The fourth-order valence-corrected chi connectivity index (χ4v) is 3.01. The summed E-state index contributed by atoms with van der Waals surface area (Å²) in [5.74, 6) is 5.67. The molecular formula is C13H18Cl2N2O. The molecule has 1 unspecified atom stereocenters. The molecule has 3 nitrogen and oxygen atoms in total. The van der Waals surface area contributed by atoms with Gasteiger partial charge in [0.2, 0.25) is 0 Å². The Hall–Kier alpha value is -0.320. The van der Waals surface area contributed by atoms with Gasteiger partial charge in [-0.1, -0.05) is 29.3 Å². The van der Waals surface area contributed by atoms with Crippen LogP contribution in [0.15, 0.2) is 18.2 Å². The Morgan fingerprint density at radius 3 is 2.61 bits per heavy atom. The van der Waals surface area contributed by atoms with Crippen molar-refractivity contribution in [2.24, 2.45) is 5.84 Å². The third kappa shape index (κ3) is 2.65. The van der Waals surface area contributed by atoms with Gasteiger partial charge in [0.05, 0.1) is 11.6 Å². The number of methoxy groups -OCH3 is 1. The quantitative estimate of drug-likeness (QED) is 0.647. The molecule has 0 bridgehead atoms. The molecule has 0 aromatic heterocycles. The average molecular weight is 289 g/mol. The van der Waals surface area contributed by atoms with Crippen molar-refractivity contribution >= 4 is 23.2 Å². The summed E-state index contributed by atoms with van der Waals surface area (Å²) in [5, 5.41) is 1.32. The van der Waals surface area contributed by atoms with Gasteiger partial charge in [0, 0.05) is 17.2 Å². The highest BCUT2D eigenvalue weighted by Crippen LogP contribution is 2.39. The Morgan fingerprint density at radius 2 is 2.17 bits per heavy atom. The molecule has 0 amide bonds.